The highest BCUT2D eigenvalue weighted by atomic mass is 16.5. The van der Waals surface area contributed by atoms with Crippen LogP contribution in [-0.2, 0) is 24.1 Å². The van der Waals surface area contributed by atoms with E-state index in [1.54, 1.807) is 12.1 Å². The summed E-state index contributed by atoms with van der Waals surface area (Å²) in [6.07, 6.45) is 3.61. The summed E-state index contributed by atoms with van der Waals surface area (Å²) in [5.74, 6) is 0.904. The van der Waals surface area contributed by atoms with E-state index in [0.717, 1.165) is 61.9 Å². The Balaban J connectivity index is 1.32. The number of fused-ring (bicyclic) bond motifs is 2. The van der Waals surface area contributed by atoms with Gasteiger partial charge in [-0.25, -0.2) is 0 Å². The number of Topliss-reactive ketones (excluding diaryl/α,β-unsaturated/α-hetero) is 1. The van der Waals surface area contributed by atoms with E-state index in [9.17, 15) is 19.5 Å². The van der Waals surface area contributed by atoms with Gasteiger partial charge in [0.2, 0.25) is 5.91 Å². The number of methoxy groups -OCH3 is 1. The third-order valence-electron chi connectivity index (χ3n) is 7.40. The Kier molecular flexibility index (Phi) is 7.55. The quantitative estimate of drug-likeness (QED) is 0.416. The van der Waals surface area contributed by atoms with E-state index >= 15 is 0 Å². The molecule has 1 atom stereocenters. The molecule has 7 nitrogen and oxygen atoms in total. The summed E-state index contributed by atoms with van der Waals surface area (Å²) in [5, 5.41) is 10.1. The first-order valence-corrected chi connectivity index (χ1v) is 12.4. The third-order valence-corrected chi connectivity index (χ3v) is 7.40. The Morgan fingerprint density at radius 1 is 1.23 bits per heavy atom. The lowest BCUT2D eigenvalue weighted by Gasteiger charge is -2.35. The summed E-state index contributed by atoms with van der Waals surface area (Å²) in [4.78, 5) is 40.5. The van der Waals surface area contributed by atoms with Crippen LogP contribution in [0.15, 0.2) is 24.3 Å². The standard InChI is InChI=1S/C28H34N2O5/c1-4-29(16-22-10-21-11-23(17-31)24(18(2)32)15-25(21)22)7-5-8-30-9-6-19-12-26(33)27(35-3)13-20(19)14-28(30)34/h11-13,15,17,22,33H,4-10,14,16H2,1-3H3/t22-/m1/s1. The van der Waals surface area contributed by atoms with Crippen LogP contribution >= 0.6 is 0 Å². The van der Waals surface area contributed by atoms with Crippen molar-refractivity contribution in [1.29, 1.82) is 0 Å². The van der Waals surface area contributed by atoms with Crippen molar-refractivity contribution < 1.29 is 24.2 Å². The van der Waals surface area contributed by atoms with E-state index in [1.807, 2.05) is 17.0 Å². The number of aromatic hydroxyl groups is 1. The molecule has 0 bridgehead atoms. The van der Waals surface area contributed by atoms with Crippen LogP contribution in [0.2, 0.25) is 0 Å². The SMILES string of the molecule is CCN(CCCN1CCc2cc(O)c(OC)cc2CC1=O)C[C@H]1Cc2cc(C=O)c(C(C)=O)cc21. The molecule has 0 saturated carbocycles. The molecule has 1 amide bonds. The van der Waals surface area contributed by atoms with Gasteiger partial charge in [-0.15, -0.1) is 0 Å². The number of nitrogens with zero attached hydrogens (tertiary/aromatic N) is 2. The molecule has 4 rings (SSSR count). The second kappa shape index (κ2) is 10.6. The second-order valence-corrected chi connectivity index (χ2v) is 9.56. The van der Waals surface area contributed by atoms with Gasteiger partial charge in [-0.05, 0) is 85.8 Å². The van der Waals surface area contributed by atoms with Gasteiger partial charge < -0.3 is 19.6 Å². The van der Waals surface area contributed by atoms with E-state index in [0.29, 0.717) is 42.3 Å². The van der Waals surface area contributed by atoms with Crippen LogP contribution in [-0.4, -0.2) is 72.7 Å². The third kappa shape index (κ3) is 5.25. The highest BCUT2D eigenvalue weighted by molar-refractivity contribution is 6.02. The lowest BCUT2D eigenvalue weighted by molar-refractivity contribution is -0.130. The Hall–Kier alpha value is -3.19. The predicted molar refractivity (Wildman–Crippen MR) is 134 cm³/mol. The maximum atomic E-state index is 12.9. The lowest BCUT2D eigenvalue weighted by atomic mass is 9.75. The topological polar surface area (TPSA) is 87.2 Å². The Morgan fingerprint density at radius 2 is 2.03 bits per heavy atom. The molecular weight excluding hydrogens is 444 g/mol. The number of carbonyl (C=O) groups excluding carboxylic acids is 3. The molecule has 2 aliphatic rings. The number of rotatable bonds is 10. The number of aldehydes is 1. The maximum absolute atomic E-state index is 12.9. The molecule has 0 saturated heterocycles. The average molecular weight is 479 g/mol. The average Bonchev–Trinajstić information content (AvgIpc) is 2.98. The van der Waals surface area contributed by atoms with Gasteiger partial charge in [-0.2, -0.15) is 0 Å². The molecule has 0 radical (unpaired) electrons. The maximum Gasteiger partial charge on any atom is 0.227 e. The molecule has 186 valence electrons. The number of hydrogen-bond donors (Lipinski definition) is 1. The van der Waals surface area contributed by atoms with Crippen LogP contribution in [0.4, 0.5) is 0 Å². The minimum absolute atomic E-state index is 0.0779. The van der Waals surface area contributed by atoms with Gasteiger partial charge in [-0.3, -0.25) is 14.4 Å². The van der Waals surface area contributed by atoms with Gasteiger partial charge in [0.05, 0.1) is 13.5 Å². The van der Waals surface area contributed by atoms with Crippen molar-refractivity contribution in [3.8, 4) is 11.5 Å². The van der Waals surface area contributed by atoms with Crippen LogP contribution in [0.1, 0.15) is 69.2 Å². The molecule has 1 aliphatic carbocycles. The molecular formula is C28H34N2O5. The fraction of sp³-hybridized carbons (Fsp3) is 0.464. The Morgan fingerprint density at radius 3 is 2.71 bits per heavy atom. The van der Waals surface area contributed by atoms with Crippen molar-refractivity contribution in [2.24, 2.45) is 0 Å². The smallest absolute Gasteiger partial charge is 0.227 e. The summed E-state index contributed by atoms with van der Waals surface area (Å²) in [5.41, 5.74) is 5.27. The van der Waals surface area contributed by atoms with E-state index in [4.69, 9.17) is 4.74 Å². The van der Waals surface area contributed by atoms with Gasteiger partial charge in [0.25, 0.3) is 0 Å². The van der Waals surface area contributed by atoms with E-state index in [-0.39, 0.29) is 17.4 Å². The first-order chi connectivity index (χ1) is 16.8. The highest BCUT2D eigenvalue weighted by Gasteiger charge is 2.30. The number of benzene rings is 2. The van der Waals surface area contributed by atoms with Crippen molar-refractivity contribution in [3.05, 3.63) is 57.6 Å². The summed E-state index contributed by atoms with van der Waals surface area (Å²) < 4.78 is 5.20. The summed E-state index contributed by atoms with van der Waals surface area (Å²) >= 11 is 0. The van der Waals surface area contributed by atoms with Crippen LogP contribution in [0.25, 0.3) is 0 Å². The predicted octanol–water partition coefficient (Wildman–Crippen LogP) is 3.40. The molecule has 1 aliphatic heterocycles. The Labute approximate surface area is 206 Å². The van der Waals surface area contributed by atoms with Crippen LogP contribution in [0, 0.1) is 0 Å². The van der Waals surface area contributed by atoms with Gasteiger partial charge in [0, 0.05) is 36.7 Å². The molecule has 0 spiro atoms. The molecule has 0 unspecified atom stereocenters. The molecule has 0 aromatic heterocycles. The number of hydrogen-bond acceptors (Lipinski definition) is 6. The highest BCUT2D eigenvalue weighted by Crippen LogP contribution is 2.37. The molecule has 2 aromatic rings. The summed E-state index contributed by atoms with van der Waals surface area (Å²) in [6.45, 7) is 7.69. The number of ether oxygens (including phenoxy) is 1. The normalized spacial score (nSPS) is 16.9. The van der Waals surface area contributed by atoms with E-state index < -0.39 is 0 Å². The Bertz CT molecular complexity index is 1140. The van der Waals surface area contributed by atoms with Crippen LogP contribution in [0.3, 0.4) is 0 Å². The first kappa shape index (κ1) is 24.9. The second-order valence-electron chi connectivity index (χ2n) is 9.56. The fourth-order valence-electron chi connectivity index (χ4n) is 5.33. The van der Waals surface area contributed by atoms with Crippen molar-refractivity contribution in [2.45, 2.75) is 45.4 Å². The van der Waals surface area contributed by atoms with Crippen LogP contribution in [0.5, 0.6) is 11.5 Å². The molecule has 7 heteroatoms. The largest absolute Gasteiger partial charge is 0.504 e. The van der Waals surface area contributed by atoms with E-state index in [1.165, 1.54) is 19.6 Å². The number of likely N-dealkylation sites (N-methyl/N-ethyl adjacent to an activating group) is 1. The minimum atomic E-state index is -0.0779. The molecule has 2 aromatic carbocycles. The monoisotopic (exact) mass is 478 g/mol. The van der Waals surface area contributed by atoms with Gasteiger partial charge in [0.15, 0.2) is 23.6 Å². The molecule has 0 fully saturated rings. The zero-order chi connectivity index (χ0) is 25.1. The van der Waals surface area contributed by atoms with Crippen molar-refractivity contribution in [3.63, 3.8) is 0 Å². The molecule has 1 N–H and O–H groups in total. The van der Waals surface area contributed by atoms with Gasteiger partial charge >= 0.3 is 0 Å². The van der Waals surface area contributed by atoms with Gasteiger partial charge in [-0.1, -0.05) is 6.92 Å². The van der Waals surface area contributed by atoms with Crippen molar-refractivity contribution >= 4 is 18.0 Å². The number of amides is 1. The summed E-state index contributed by atoms with van der Waals surface area (Å²) in [7, 11) is 1.51. The number of carbonyl (C=O) groups is 3. The van der Waals surface area contributed by atoms with E-state index in [2.05, 4.69) is 11.8 Å². The number of phenolic OH excluding ortho intramolecular Hbond substituents is 1. The zero-order valence-electron chi connectivity index (χ0n) is 20.8. The van der Waals surface area contributed by atoms with Crippen molar-refractivity contribution in [2.75, 3.05) is 39.8 Å². The number of ketones is 1. The first-order valence-electron chi connectivity index (χ1n) is 12.4. The fourth-order valence-corrected chi connectivity index (χ4v) is 5.33. The summed E-state index contributed by atoms with van der Waals surface area (Å²) in [6, 6.07) is 7.26. The minimum Gasteiger partial charge on any atom is -0.504 e. The lowest BCUT2D eigenvalue weighted by Crippen LogP contribution is -2.37. The van der Waals surface area contributed by atoms with Crippen LogP contribution < -0.4 is 4.74 Å². The van der Waals surface area contributed by atoms with Crippen molar-refractivity contribution in [1.82, 2.24) is 9.80 Å². The van der Waals surface area contributed by atoms with Gasteiger partial charge in [0.1, 0.15) is 0 Å². The molecule has 35 heavy (non-hydrogen) atoms. The molecule has 1 heterocycles. The number of phenols is 1. The zero-order valence-corrected chi connectivity index (χ0v) is 20.8.